The Bertz CT molecular complexity index is 817. The lowest BCUT2D eigenvalue weighted by Crippen LogP contribution is -2.46. The SMILES string of the molecule is Cl.NCC1(C(=O)Nc2nc(C3CC3)c(Cc3ccc(F)cc3)s2)CCOCC1. The van der Waals surface area contributed by atoms with E-state index in [4.69, 9.17) is 15.5 Å². The Morgan fingerprint density at radius 2 is 1.96 bits per heavy atom. The Balaban J connectivity index is 0.00000225. The summed E-state index contributed by atoms with van der Waals surface area (Å²) in [5.74, 6) is 0.189. The fraction of sp³-hybridized carbons (Fsp3) is 0.500. The Morgan fingerprint density at radius 1 is 1.29 bits per heavy atom. The fourth-order valence-corrected chi connectivity index (χ4v) is 4.60. The van der Waals surface area contributed by atoms with Crippen LogP contribution in [0.1, 0.15) is 47.7 Å². The van der Waals surface area contributed by atoms with Crippen molar-refractivity contribution in [1.29, 1.82) is 0 Å². The van der Waals surface area contributed by atoms with Gasteiger partial charge in [0.25, 0.3) is 0 Å². The molecule has 5 nitrogen and oxygen atoms in total. The predicted molar refractivity (Wildman–Crippen MR) is 111 cm³/mol. The normalized spacial score (nSPS) is 18.4. The van der Waals surface area contributed by atoms with Crippen LogP contribution < -0.4 is 11.1 Å². The second-order valence-electron chi connectivity index (χ2n) is 7.46. The predicted octanol–water partition coefficient (Wildman–Crippen LogP) is 3.87. The van der Waals surface area contributed by atoms with Gasteiger partial charge in [0.05, 0.1) is 11.1 Å². The number of hydrogen-bond donors (Lipinski definition) is 2. The smallest absolute Gasteiger partial charge is 0.233 e. The molecule has 2 heterocycles. The molecule has 1 amide bonds. The molecule has 2 aliphatic rings. The number of aromatic nitrogens is 1. The van der Waals surface area contributed by atoms with Gasteiger partial charge in [0, 0.05) is 37.0 Å². The van der Waals surface area contributed by atoms with E-state index in [2.05, 4.69) is 5.32 Å². The average molecular weight is 426 g/mol. The highest BCUT2D eigenvalue weighted by atomic mass is 35.5. The van der Waals surface area contributed by atoms with Crippen LogP contribution in [-0.2, 0) is 16.0 Å². The molecule has 2 fully saturated rings. The summed E-state index contributed by atoms with van der Waals surface area (Å²) in [7, 11) is 0. The number of rotatable bonds is 6. The Kier molecular flexibility index (Phi) is 6.70. The summed E-state index contributed by atoms with van der Waals surface area (Å²) < 4.78 is 18.6. The molecule has 1 aliphatic carbocycles. The lowest BCUT2D eigenvalue weighted by Gasteiger charge is -2.34. The summed E-state index contributed by atoms with van der Waals surface area (Å²) in [6, 6.07) is 6.56. The standard InChI is InChI=1S/C20H24FN3O2S.ClH/c21-15-5-1-13(2-6-15)11-16-17(14-3-4-14)23-19(27-16)24-18(25)20(12-22)7-9-26-10-8-20;/h1-2,5-6,14H,3-4,7-12,22H2,(H,23,24,25);1H. The molecule has 0 bridgehead atoms. The number of carbonyl (C=O) groups is 1. The topological polar surface area (TPSA) is 77.2 Å². The van der Waals surface area contributed by atoms with Gasteiger partial charge in [0.15, 0.2) is 5.13 Å². The van der Waals surface area contributed by atoms with E-state index in [9.17, 15) is 9.18 Å². The highest BCUT2D eigenvalue weighted by Crippen LogP contribution is 2.44. The summed E-state index contributed by atoms with van der Waals surface area (Å²) in [4.78, 5) is 18.8. The zero-order valence-corrected chi connectivity index (χ0v) is 17.2. The first-order valence-electron chi connectivity index (χ1n) is 9.43. The fourth-order valence-electron chi connectivity index (χ4n) is 3.52. The molecule has 0 spiro atoms. The van der Waals surface area contributed by atoms with E-state index in [0.29, 0.717) is 50.1 Å². The number of halogens is 2. The Labute approximate surface area is 174 Å². The molecule has 28 heavy (non-hydrogen) atoms. The van der Waals surface area contributed by atoms with Crippen LogP contribution in [-0.4, -0.2) is 30.6 Å². The van der Waals surface area contributed by atoms with Gasteiger partial charge in [0.1, 0.15) is 5.82 Å². The number of thiazole rings is 1. The third-order valence-corrected chi connectivity index (χ3v) is 6.50. The van der Waals surface area contributed by atoms with Crippen molar-refractivity contribution in [2.24, 2.45) is 11.1 Å². The molecule has 1 aromatic heterocycles. The maximum atomic E-state index is 13.2. The largest absolute Gasteiger partial charge is 0.381 e. The van der Waals surface area contributed by atoms with Crippen LogP contribution in [0.5, 0.6) is 0 Å². The van der Waals surface area contributed by atoms with Gasteiger partial charge in [0.2, 0.25) is 5.91 Å². The summed E-state index contributed by atoms with van der Waals surface area (Å²) in [6.45, 7) is 1.43. The van der Waals surface area contributed by atoms with Crippen LogP contribution in [0.15, 0.2) is 24.3 Å². The summed E-state index contributed by atoms with van der Waals surface area (Å²) in [5, 5.41) is 3.65. The first-order valence-corrected chi connectivity index (χ1v) is 10.2. The molecule has 8 heteroatoms. The number of nitrogens with one attached hydrogen (secondary N) is 1. The van der Waals surface area contributed by atoms with E-state index >= 15 is 0 Å². The maximum Gasteiger partial charge on any atom is 0.233 e. The minimum Gasteiger partial charge on any atom is -0.381 e. The minimum atomic E-state index is -0.569. The third kappa shape index (κ3) is 4.54. The zero-order chi connectivity index (χ0) is 18.9. The summed E-state index contributed by atoms with van der Waals surface area (Å²) in [6.07, 6.45) is 4.25. The number of carbonyl (C=O) groups excluding carboxylic acids is 1. The van der Waals surface area contributed by atoms with Gasteiger partial charge in [-0.15, -0.1) is 23.7 Å². The number of hydrogen-bond acceptors (Lipinski definition) is 5. The van der Waals surface area contributed by atoms with Crippen LogP contribution in [0.3, 0.4) is 0 Å². The lowest BCUT2D eigenvalue weighted by atomic mass is 9.79. The molecule has 2 aromatic rings. The number of ether oxygens (including phenoxy) is 1. The van der Waals surface area contributed by atoms with E-state index in [1.807, 2.05) is 0 Å². The van der Waals surface area contributed by atoms with Crippen molar-refractivity contribution in [2.75, 3.05) is 25.1 Å². The van der Waals surface area contributed by atoms with Crippen LogP contribution in [0.4, 0.5) is 9.52 Å². The van der Waals surface area contributed by atoms with Crippen LogP contribution in [0, 0.1) is 11.2 Å². The van der Waals surface area contributed by atoms with E-state index < -0.39 is 5.41 Å². The molecule has 1 saturated carbocycles. The van der Waals surface area contributed by atoms with E-state index in [1.165, 1.54) is 23.5 Å². The van der Waals surface area contributed by atoms with E-state index in [0.717, 1.165) is 29.0 Å². The zero-order valence-electron chi connectivity index (χ0n) is 15.6. The van der Waals surface area contributed by atoms with Crippen molar-refractivity contribution in [2.45, 2.75) is 38.0 Å². The Morgan fingerprint density at radius 3 is 2.57 bits per heavy atom. The average Bonchev–Trinajstić information content (AvgIpc) is 3.46. The molecule has 1 aromatic carbocycles. The number of benzene rings is 1. The monoisotopic (exact) mass is 425 g/mol. The van der Waals surface area contributed by atoms with Crippen LogP contribution in [0.25, 0.3) is 0 Å². The minimum absolute atomic E-state index is 0. The molecule has 0 atom stereocenters. The van der Waals surface area contributed by atoms with Gasteiger partial charge >= 0.3 is 0 Å². The molecular weight excluding hydrogens is 401 g/mol. The maximum absolute atomic E-state index is 13.2. The number of nitrogens with two attached hydrogens (primary N) is 1. The van der Waals surface area contributed by atoms with Crippen molar-refractivity contribution in [1.82, 2.24) is 4.98 Å². The van der Waals surface area contributed by atoms with Gasteiger partial charge in [-0.1, -0.05) is 12.1 Å². The first-order chi connectivity index (χ1) is 13.1. The molecule has 152 valence electrons. The van der Waals surface area contributed by atoms with Crippen LogP contribution in [0.2, 0.25) is 0 Å². The number of nitrogens with zero attached hydrogens (tertiary/aromatic N) is 1. The highest BCUT2D eigenvalue weighted by molar-refractivity contribution is 7.15. The summed E-state index contributed by atoms with van der Waals surface area (Å²) in [5.41, 5.74) is 7.49. The third-order valence-electron chi connectivity index (χ3n) is 5.51. The number of anilines is 1. The molecule has 0 radical (unpaired) electrons. The van der Waals surface area contributed by atoms with Crippen molar-refractivity contribution in [3.8, 4) is 0 Å². The van der Waals surface area contributed by atoms with Crippen molar-refractivity contribution in [3.63, 3.8) is 0 Å². The molecule has 1 aliphatic heterocycles. The van der Waals surface area contributed by atoms with E-state index in [-0.39, 0.29) is 24.1 Å². The highest BCUT2D eigenvalue weighted by Gasteiger charge is 2.39. The van der Waals surface area contributed by atoms with Gasteiger partial charge < -0.3 is 15.8 Å². The quantitative estimate of drug-likeness (QED) is 0.736. The second-order valence-corrected chi connectivity index (χ2v) is 8.54. The van der Waals surface area contributed by atoms with Gasteiger partial charge in [-0.3, -0.25) is 4.79 Å². The lowest BCUT2D eigenvalue weighted by molar-refractivity contribution is -0.130. The molecule has 1 saturated heterocycles. The van der Waals surface area contributed by atoms with Gasteiger partial charge in [-0.05, 0) is 43.4 Å². The van der Waals surface area contributed by atoms with Crippen molar-refractivity contribution < 1.29 is 13.9 Å². The molecule has 0 unspecified atom stereocenters. The van der Waals surface area contributed by atoms with Gasteiger partial charge in [-0.25, -0.2) is 9.37 Å². The molecule has 3 N–H and O–H groups in total. The Hall–Kier alpha value is -1.54. The number of amides is 1. The van der Waals surface area contributed by atoms with Crippen molar-refractivity contribution in [3.05, 3.63) is 46.2 Å². The van der Waals surface area contributed by atoms with Crippen LogP contribution >= 0.6 is 23.7 Å². The molecular formula is C20H25ClFN3O2S. The molecule has 4 rings (SSSR count). The van der Waals surface area contributed by atoms with Crippen molar-refractivity contribution >= 4 is 34.8 Å². The second kappa shape index (κ2) is 8.86. The summed E-state index contributed by atoms with van der Waals surface area (Å²) >= 11 is 1.52. The van der Waals surface area contributed by atoms with Gasteiger partial charge in [-0.2, -0.15) is 0 Å². The van der Waals surface area contributed by atoms with E-state index in [1.54, 1.807) is 12.1 Å². The first kappa shape index (κ1) is 21.2.